The van der Waals surface area contributed by atoms with Crippen LogP contribution in [0.25, 0.3) is 0 Å². The summed E-state index contributed by atoms with van der Waals surface area (Å²) >= 11 is -2.16. The molecule has 1 heterocycles. The van der Waals surface area contributed by atoms with Crippen LogP contribution >= 0.6 is 24.8 Å². The van der Waals surface area contributed by atoms with Crippen LogP contribution in [0.3, 0.4) is 0 Å². The Morgan fingerprint density at radius 1 is 1.14 bits per heavy atom. The van der Waals surface area contributed by atoms with Crippen LogP contribution in [-0.4, -0.2) is 11.7 Å². The van der Waals surface area contributed by atoms with Gasteiger partial charge in [0.25, 0.3) is 0 Å². The van der Waals surface area contributed by atoms with Crippen LogP contribution in [0.4, 0.5) is 4.39 Å². The van der Waals surface area contributed by atoms with Gasteiger partial charge in [0.05, 0.1) is 0 Å². The number of halogens is 3. The van der Waals surface area contributed by atoms with Crippen LogP contribution in [-0.2, 0) is 20.6 Å². The zero-order valence-electron chi connectivity index (χ0n) is 12.6. The normalized spacial score (nSPS) is 18.4. The number of allylic oxidation sites excluding steroid dienone is 4. The maximum absolute atomic E-state index is 14.1. The second-order valence-electron chi connectivity index (χ2n) is 5.83. The molecular weight excluding hydrogens is 503 g/mol. The fourth-order valence-electron chi connectivity index (χ4n) is 3.35. The Morgan fingerprint density at radius 2 is 1.91 bits per heavy atom. The van der Waals surface area contributed by atoms with Crippen molar-refractivity contribution in [2.24, 2.45) is 0 Å². The van der Waals surface area contributed by atoms with E-state index in [1.807, 2.05) is 18.3 Å². The standard InChI is InChI=1S/C6H13Si.C5H4F.C5H4N.2ClH.Hf/c7-6-4-2-1-3-5-6;6-5-3-1-2-4-5;1-2-4-6-5-3-1;;;/h6H,1-5,7H2;1,3H,2H2;1-4H;2*1H;. The molecule has 1 saturated carbocycles. The first-order valence-corrected chi connectivity index (χ1v) is 20.4. The Hall–Kier alpha value is 0.227. The molecule has 0 spiro atoms. The summed E-state index contributed by atoms with van der Waals surface area (Å²) in [4.78, 5) is 4.62. The number of nitrogens with zero attached hydrogens (tertiary/aromatic N) is 1. The quantitative estimate of drug-likeness (QED) is 0.539. The van der Waals surface area contributed by atoms with Gasteiger partial charge in [-0.2, -0.15) is 0 Å². The van der Waals surface area contributed by atoms with E-state index in [-0.39, 0.29) is 37.3 Å². The van der Waals surface area contributed by atoms with Gasteiger partial charge in [-0.3, -0.25) is 0 Å². The summed E-state index contributed by atoms with van der Waals surface area (Å²) < 4.78 is 16.6. The molecule has 0 aromatic carbocycles. The van der Waals surface area contributed by atoms with E-state index in [4.69, 9.17) is 0 Å². The molecule has 1 fully saturated rings. The molecule has 1 aromatic rings. The number of aromatic nitrogens is 1. The van der Waals surface area contributed by atoms with Crippen molar-refractivity contribution in [2.75, 3.05) is 0 Å². The molecular formula is C16H23Cl2FHfNSi. The van der Waals surface area contributed by atoms with Crippen molar-refractivity contribution in [3.8, 4) is 0 Å². The van der Waals surface area contributed by atoms with Gasteiger partial charge in [-0.05, 0) is 0 Å². The average molecular weight is 526 g/mol. The second kappa shape index (κ2) is 10.2. The van der Waals surface area contributed by atoms with Crippen molar-refractivity contribution >= 4 is 35.0 Å². The first kappa shape index (κ1) is 20.3. The van der Waals surface area contributed by atoms with Crippen molar-refractivity contribution in [1.82, 2.24) is 4.98 Å². The first-order chi connectivity index (χ1) is 9.84. The summed E-state index contributed by atoms with van der Waals surface area (Å²) in [6, 6.07) is 6.24. The van der Waals surface area contributed by atoms with Crippen LogP contribution in [0, 0.1) is 0 Å². The molecule has 1 nitrogen and oxygen atoms in total. The third-order valence-corrected chi connectivity index (χ3v) is 30.8. The van der Waals surface area contributed by atoms with Gasteiger partial charge in [-0.1, -0.05) is 0 Å². The number of rotatable bonds is 4. The van der Waals surface area contributed by atoms with E-state index in [1.165, 1.54) is 38.9 Å². The Labute approximate surface area is 154 Å². The summed E-state index contributed by atoms with van der Waals surface area (Å²) in [7, 11) is 0. The van der Waals surface area contributed by atoms with Crippen molar-refractivity contribution < 1.29 is 25.0 Å². The molecule has 0 bridgehead atoms. The van der Waals surface area contributed by atoms with E-state index in [1.54, 1.807) is 6.08 Å². The van der Waals surface area contributed by atoms with E-state index in [0.29, 0.717) is 0 Å². The molecule has 2 aliphatic rings. The minimum atomic E-state index is -2.16. The predicted molar refractivity (Wildman–Crippen MR) is 95.6 cm³/mol. The van der Waals surface area contributed by atoms with E-state index in [0.717, 1.165) is 12.0 Å². The molecule has 0 aliphatic heterocycles. The summed E-state index contributed by atoms with van der Waals surface area (Å²) in [5, 5.41) is 0. The molecule has 0 amide bonds. The van der Waals surface area contributed by atoms with Gasteiger partial charge in [0.2, 0.25) is 0 Å². The zero-order chi connectivity index (χ0) is 13.8. The average Bonchev–Trinajstić information content (AvgIpc) is 2.93. The van der Waals surface area contributed by atoms with Gasteiger partial charge < -0.3 is 0 Å². The van der Waals surface area contributed by atoms with Crippen molar-refractivity contribution in [3.63, 3.8) is 0 Å². The maximum atomic E-state index is 14.1. The third-order valence-electron chi connectivity index (χ3n) is 4.43. The SMILES string of the molecule is Cl.Cl.FC1=[C]([Hf]([SiH2]C2CCCCC2)[c]2ccccn2)CC=C1. The van der Waals surface area contributed by atoms with Crippen LogP contribution in [0.5, 0.6) is 0 Å². The summed E-state index contributed by atoms with van der Waals surface area (Å²) in [5.41, 5.74) is 0.967. The van der Waals surface area contributed by atoms with E-state index < -0.39 is 20.6 Å². The molecule has 0 unspecified atom stereocenters. The van der Waals surface area contributed by atoms with Crippen LogP contribution in [0.15, 0.2) is 45.7 Å². The van der Waals surface area contributed by atoms with Crippen LogP contribution < -0.4 is 3.45 Å². The molecule has 3 rings (SSSR count). The zero-order valence-corrected chi connectivity index (χ0v) is 19.3. The van der Waals surface area contributed by atoms with Gasteiger partial charge >= 0.3 is 130 Å². The van der Waals surface area contributed by atoms with Gasteiger partial charge in [0.15, 0.2) is 0 Å². The predicted octanol–water partition coefficient (Wildman–Crippen LogP) is 4.15. The van der Waals surface area contributed by atoms with Gasteiger partial charge in [0, 0.05) is 0 Å². The Balaban J connectivity index is 0.00000121. The van der Waals surface area contributed by atoms with Crippen LogP contribution in [0.2, 0.25) is 5.54 Å². The molecule has 121 valence electrons. The third kappa shape index (κ3) is 5.12. The summed E-state index contributed by atoms with van der Waals surface area (Å²) in [6.45, 7) is -0.167. The van der Waals surface area contributed by atoms with E-state index in [9.17, 15) is 4.39 Å². The minimum absolute atomic E-state index is 0. The Bertz CT molecular complexity index is 518. The van der Waals surface area contributed by atoms with Crippen molar-refractivity contribution in [3.05, 3.63) is 45.7 Å². The fraction of sp³-hybridized carbons (Fsp3) is 0.438. The first-order valence-electron chi connectivity index (χ1n) is 7.67. The van der Waals surface area contributed by atoms with Crippen molar-refractivity contribution in [2.45, 2.75) is 44.1 Å². The number of hydrogen-bond donors (Lipinski definition) is 0. The van der Waals surface area contributed by atoms with Gasteiger partial charge in [-0.15, -0.1) is 24.8 Å². The van der Waals surface area contributed by atoms with Gasteiger partial charge in [0.1, 0.15) is 0 Å². The van der Waals surface area contributed by atoms with E-state index in [2.05, 4.69) is 17.1 Å². The molecule has 0 radical (unpaired) electrons. The Morgan fingerprint density at radius 3 is 2.50 bits per heavy atom. The summed E-state index contributed by atoms with van der Waals surface area (Å²) in [5.74, 6) is 0.0983. The Kier molecular flexibility index (Phi) is 9.37. The van der Waals surface area contributed by atoms with Crippen molar-refractivity contribution in [1.29, 1.82) is 0 Å². The second-order valence-corrected chi connectivity index (χ2v) is 25.0. The molecule has 0 N–H and O–H groups in total. The van der Waals surface area contributed by atoms with E-state index >= 15 is 0 Å². The molecule has 22 heavy (non-hydrogen) atoms. The monoisotopic (exact) mass is 526 g/mol. The molecule has 0 saturated heterocycles. The molecule has 2 aliphatic carbocycles. The fourth-order valence-corrected chi connectivity index (χ4v) is 30.8. The van der Waals surface area contributed by atoms with Gasteiger partial charge in [-0.25, -0.2) is 0 Å². The molecule has 1 aromatic heterocycles. The number of hydrogen-bond acceptors (Lipinski definition) is 1. The molecule has 6 heteroatoms. The number of pyridine rings is 1. The molecule has 0 atom stereocenters. The van der Waals surface area contributed by atoms with Crippen LogP contribution in [0.1, 0.15) is 38.5 Å². The topological polar surface area (TPSA) is 12.9 Å². The summed E-state index contributed by atoms with van der Waals surface area (Å²) in [6.07, 6.45) is 13.5.